The van der Waals surface area contributed by atoms with Crippen molar-refractivity contribution in [2.75, 3.05) is 33.2 Å². The zero-order valence-corrected chi connectivity index (χ0v) is 8.55. The predicted octanol–water partition coefficient (Wildman–Crippen LogP) is 0.185. The molecule has 0 aliphatic carbocycles. The van der Waals surface area contributed by atoms with Gasteiger partial charge in [0.25, 0.3) is 0 Å². The first-order valence-corrected chi connectivity index (χ1v) is 4.97. The van der Waals surface area contributed by atoms with Gasteiger partial charge in [-0.3, -0.25) is 0 Å². The fourth-order valence-electron chi connectivity index (χ4n) is 1.79. The Kier molecular flexibility index (Phi) is 3.90. The molecule has 13 heavy (non-hydrogen) atoms. The maximum absolute atomic E-state index is 5.81. The monoisotopic (exact) mass is 183 g/mol. The third kappa shape index (κ3) is 2.79. The Balaban J connectivity index is 2.44. The van der Waals surface area contributed by atoms with E-state index in [-0.39, 0.29) is 5.54 Å². The smallest absolute Gasteiger partial charge is 0.0331 e. The van der Waals surface area contributed by atoms with Crippen LogP contribution >= 0.6 is 0 Å². The first kappa shape index (κ1) is 10.7. The molecule has 3 heteroatoms. The Morgan fingerprint density at radius 2 is 2.15 bits per heavy atom. The SMILES string of the molecule is C=CCNC1(CN)CCN(C)CC1. The van der Waals surface area contributed by atoms with Crippen molar-refractivity contribution in [3.8, 4) is 0 Å². The molecule has 1 fully saturated rings. The van der Waals surface area contributed by atoms with Crippen molar-refractivity contribution in [2.45, 2.75) is 18.4 Å². The van der Waals surface area contributed by atoms with Gasteiger partial charge in [0.15, 0.2) is 0 Å². The minimum absolute atomic E-state index is 0.167. The summed E-state index contributed by atoms with van der Waals surface area (Å²) in [5.74, 6) is 0. The zero-order chi connectivity index (χ0) is 9.73. The molecule has 0 unspecified atom stereocenters. The van der Waals surface area contributed by atoms with Crippen molar-refractivity contribution in [1.29, 1.82) is 0 Å². The summed E-state index contributed by atoms with van der Waals surface area (Å²) in [6.07, 6.45) is 4.19. The Labute approximate surface area is 81.0 Å². The van der Waals surface area contributed by atoms with Crippen LogP contribution in [0.3, 0.4) is 0 Å². The van der Waals surface area contributed by atoms with Crippen molar-refractivity contribution in [3.63, 3.8) is 0 Å². The highest BCUT2D eigenvalue weighted by molar-refractivity contribution is 4.95. The largest absolute Gasteiger partial charge is 0.329 e. The van der Waals surface area contributed by atoms with Gasteiger partial charge >= 0.3 is 0 Å². The van der Waals surface area contributed by atoms with Crippen LogP contribution in [-0.2, 0) is 0 Å². The Bertz CT molecular complexity index is 160. The van der Waals surface area contributed by atoms with Gasteiger partial charge in [-0.1, -0.05) is 6.08 Å². The minimum atomic E-state index is 0.167. The maximum atomic E-state index is 5.81. The minimum Gasteiger partial charge on any atom is -0.329 e. The molecule has 0 spiro atoms. The molecule has 0 amide bonds. The molecule has 0 atom stereocenters. The summed E-state index contributed by atoms with van der Waals surface area (Å²) in [6, 6.07) is 0. The summed E-state index contributed by atoms with van der Waals surface area (Å²) < 4.78 is 0. The van der Waals surface area contributed by atoms with Crippen molar-refractivity contribution in [1.82, 2.24) is 10.2 Å². The fraction of sp³-hybridized carbons (Fsp3) is 0.800. The van der Waals surface area contributed by atoms with Gasteiger partial charge in [0.2, 0.25) is 0 Å². The lowest BCUT2D eigenvalue weighted by atomic mass is 9.87. The van der Waals surface area contributed by atoms with E-state index in [0.29, 0.717) is 0 Å². The highest BCUT2D eigenvalue weighted by Gasteiger charge is 2.30. The van der Waals surface area contributed by atoms with E-state index in [2.05, 4.69) is 23.8 Å². The van der Waals surface area contributed by atoms with E-state index in [4.69, 9.17) is 5.73 Å². The molecule has 3 nitrogen and oxygen atoms in total. The summed E-state index contributed by atoms with van der Waals surface area (Å²) in [7, 11) is 2.16. The molecule has 0 saturated carbocycles. The van der Waals surface area contributed by atoms with E-state index in [1.807, 2.05) is 6.08 Å². The molecule has 0 aromatic rings. The van der Waals surface area contributed by atoms with Gasteiger partial charge in [0, 0.05) is 18.6 Å². The Morgan fingerprint density at radius 3 is 2.62 bits per heavy atom. The van der Waals surface area contributed by atoms with Crippen LogP contribution in [0.2, 0.25) is 0 Å². The average molecular weight is 183 g/mol. The van der Waals surface area contributed by atoms with Crippen LogP contribution in [0.1, 0.15) is 12.8 Å². The number of hydrogen-bond acceptors (Lipinski definition) is 3. The molecule has 3 N–H and O–H groups in total. The first-order valence-electron chi connectivity index (χ1n) is 4.97. The highest BCUT2D eigenvalue weighted by Crippen LogP contribution is 2.19. The standard InChI is InChI=1S/C10H21N3/c1-3-6-12-10(9-11)4-7-13(2)8-5-10/h3,12H,1,4-9,11H2,2H3. The Morgan fingerprint density at radius 1 is 1.54 bits per heavy atom. The van der Waals surface area contributed by atoms with E-state index in [1.54, 1.807) is 0 Å². The predicted molar refractivity (Wildman–Crippen MR) is 56.7 cm³/mol. The molecule has 1 aliphatic heterocycles. The van der Waals surface area contributed by atoms with Gasteiger partial charge in [-0.2, -0.15) is 0 Å². The molecule has 0 bridgehead atoms. The second-order valence-electron chi connectivity index (χ2n) is 3.96. The number of nitrogens with one attached hydrogen (secondary N) is 1. The lowest BCUT2D eigenvalue weighted by Gasteiger charge is -2.40. The average Bonchev–Trinajstić information content (AvgIpc) is 2.18. The Hall–Kier alpha value is -0.380. The number of hydrogen-bond donors (Lipinski definition) is 2. The molecular formula is C10H21N3. The number of piperidine rings is 1. The van der Waals surface area contributed by atoms with E-state index in [9.17, 15) is 0 Å². The molecule has 0 radical (unpaired) electrons. The normalized spacial score (nSPS) is 22.9. The van der Waals surface area contributed by atoms with Gasteiger partial charge in [-0.15, -0.1) is 6.58 Å². The summed E-state index contributed by atoms with van der Waals surface area (Å²) in [4.78, 5) is 2.35. The summed E-state index contributed by atoms with van der Waals surface area (Å²) in [6.45, 7) is 7.58. The van der Waals surface area contributed by atoms with Crippen molar-refractivity contribution < 1.29 is 0 Å². The maximum Gasteiger partial charge on any atom is 0.0331 e. The molecule has 1 heterocycles. The van der Waals surface area contributed by atoms with Gasteiger partial charge in [-0.05, 0) is 33.0 Å². The molecule has 76 valence electrons. The van der Waals surface area contributed by atoms with E-state index in [0.717, 1.165) is 39.0 Å². The lowest BCUT2D eigenvalue weighted by Crippen LogP contribution is -2.57. The van der Waals surface area contributed by atoms with Gasteiger partial charge in [0.1, 0.15) is 0 Å². The summed E-state index contributed by atoms with van der Waals surface area (Å²) in [5.41, 5.74) is 5.98. The van der Waals surface area contributed by atoms with Gasteiger partial charge in [-0.25, -0.2) is 0 Å². The van der Waals surface area contributed by atoms with E-state index < -0.39 is 0 Å². The van der Waals surface area contributed by atoms with Gasteiger partial charge in [0.05, 0.1) is 0 Å². The molecule has 1 rings (SSSR count). The van der Waals surface area contributed by atoms with Crippen LogP contribution in [-0.4, -0.2) is 43.7 Å². The summed E-state index contributed by atoms with van der Waals surface area (Å²) >= 11 is 0. The number of likely N-dealkylation sites (tertiary alicyclic amines) is 1. The van der Waals surface area contributed by atoms with Crippen molar-refractivity contribution in [2.24, 2.45) is 5.73 Å². The number of rotatable bonds is 4. The third-order valence-electron chi connectivity index (χ3n) is 2.96. The van der Waals surface area contributed by atoms with Crippen LogP contribution < -0.4 is 11.1 Å². The van der Waals surface area contributed by atoms with Crippen molar-refractivity contribution in [3.05, 3.63) is 12.7 Å². The quantitative estimate of drug-likeness (QED) is 0.611. The van der Waals surface area contributed by atoms with Crippen LogP contribution in [0.5, 0.6) is 0 Å². The summed E-state index contributed by atoms with van der Waals surface area (Å²) in [5, 5.41) is 3.49. The second kappa shape index (κ2) is 4.74. The van der Waals surface area contributed by atoms with Crippen LogP contribution in [0.4, 0.5) is 0 Å². The van der Waals surface area contributed by atoms with Crippen LogP contribution in [0.25, 0.3) is 0 Å². The van der Waals surface area contributed by atoms with E-state index in [1.165, 1.54) is 0 Å². The van der Waals surface area contributed by atoms with Crippen LogP contribution in [0.15, 0.2) is 12.7 Å². The second-order valence-corrected chi connectivity index (χ2v) is 3.96. The molecule has 0 aromatic heterocycles. The van der Waals surface area contributed by atoms with Crippen molar-refractivity contribution >= 4 is 0 Å². The fourth-order valence-corrected chi connectivity index (χ4v) is 1.79. The first-order chi connectivity index (χ1) is 6.22. The molecule has 0 aromatic carbocycles. The lowest BCUT2D eigenvalue weighted by molar-refractivity contribution is 0.166. The molecule has 1 aliphatic rings. The zero-order valence-electron chi connectivity index (χ0n) is 8.55. The third-order valence-corrected chi connectivity index (χ3v) is 2.96. The van der Waals surface area contributed by atoms with E-state index >= 15 is 0 Å². The van der Waals surface area contributed by atoms with Crippen LogP contribution in [0, 0.1) is 0 Å². The topological polar surface area (TPSA) is 41.3 Å². The number of nitrogens with zero attached hydrogens (tertiary/aromatic N) is 1. The number of nitrogens with two attached hydrogens (primary N) is 1. The van der Waals surface area contributed by atoms with Gasteiger partial charge < -0.3 is 16.0 Å². The highest BCUT2D eigenvalue weighted by atomic mass is 15.1. The molecular weight excluding hydrogens is 162 g/mol. The molecule has 1 saturated heterocycles.